The zero-order valence-electron chi connectivity index (χ0n) is 7.91. The largest absolute Gasteiger partial charge is 0.285 e. The van der Waals surface area contributed by atoms with Gasteiger partial charge in [-0.3, -0.25) is 14.5 Å². The summed E-state index contributed by atoms with van der Waals surface area (Å²) in [4.78, 5) is 24.4. The molecule has 0 radical (unpaired) electrons. The standard InChI is InChI=1S/C10H13NO2/c1-6-3-4-7-8(5-6)10(13)11(2)9(7)12/h3,7-8H,4-5H2,1-2H3/t7-,8+/m1/s1. The Balaban J connectivity index is 2.30. The summed E-state index contributed by atoms with van der Waals surface area (Å²) < 4.78 is 0. The zero-order chi connectivity index (χ0) is 9.59. The second-order valence-corrected chi connectivity index (χ2v) is 3.94. The molecule has 1 aliphatic carbocycles. The van der Waals surface area contributed by atoms with Crippen LogP contribution in [0.3, 0.4) is 0 Å². The van der Waals surface area contributed by atoms with E-state index in [1.54, 1.807) is 7.05 Å². The third kappa shape index (κ3) is 1.10. The lowest BCUT2D eigenvalue weighted by molar-refractivity contribution is -0.138. The summed E-state index contributed by atoms with van der Waals surface area (Å²) in [5.74, 6) is -0.134. The Morgan fingerprint density at radius 1 is 1.31 bits per heavy atom. The smallest absolute Gasteiger partial charge is 0.233 e. The van der Waals surface area contributed by atoms with Crippen LogP contribution in [0.15, 0.2) is 11.6 Å². The number of rotatable bonds is 0. The first-order valence-electron chi connectivity index (χ1n) is 4.58. The molecule has 2 aliphatic rings. The predicted molar refractivity (Wildman–Crippen MR) is 47.7 cm³/mol. The summed E-state index contributed by atoms with van der Waals surface area (Å²) in [6, 6.07) is 0. The molecule has 0 aromatic rings. The Bertz CT molecular complexity index is 306. The van der Waals surface area contributed by atoms with E-state index in [2.05, 4.69) is 6.08 Å². The van der Waals surface area contributed by atoms with Crippen LogP contribution in [0.25, 0.3) is 0 Å². The van der Waals surface area contributed by atoms with E-state index in [0.29, 0.717) is 0 Å². The number of hydrogen-bond acceptors (Lipinski definition) is 2. The lowest BCUT2D eigenvalue weighted by Crippen LogP contribution is -2.26. The number of carbonyl (C=O) groups excluding carboxylic acids is 2. The highest BCUT2D eigenvalue weighted by Gasteiger charge is 2.46. The monoisotopic (exact) mass is 179 g/mol. The van der Waals surface area contributed by atoms with E-state index in [1.807, 2.05) is 6.92 Å². The maximum Gasteiger partial charge on any atom is 0.233 e. The number of likely N-dealkylation sites (tertiary alicyclic amines) is 1. The van der Waals surface area contributed by atoms with Gasteiger partial charge in [-0.15, -0.1) is 0 Å². The topological polar surface area (TPSA) is 37.4 Å². The third-order valence-electron chi connectivity index (χ3n) is 3.04. The average molecular weight is 179 g/mol. The average Bonchev–Trinajstić information content (AvgIpc) is 2.32. The Morgan fingerprint density at radius 3 is 2.62 bits per heavy atom. The van der Waals surface area contributed by atoms with Crippen LogP contribution in [0.1, 0.15) is 19.8 Å². The molecule has 0 spiro atoms. The van der Waals surface area contributed by atoms with Gasteiger partial charge in [0.1, 0.15) is 0 Å². The van der Waals surface area contributed by atoms with Gasteiger partial charge in [-0.05, 0) is 19.8 Å². The number of carbonyl (C=O) groups is 2. The van der Waals surface area contributed by atoms with Crippen LogP contribution in [0.4, 0.5) is 0 Å². The van der Waals surface area contributed by atoms with E-state index < -0.39 is 0 Å². The van der Waals surface area contributed by atoms with E-state index in [1.165, 1.54) is 10.5 Å². The molecule has 2 atom stereocenters. The number of hydrogen-bond donors (Lipinski definition) is 0. The Morgan fingerprint density at radius 2 is 1.92 bits per heavy atom. The van der Waals surface area contributed by atoms with Gasteiger partial charge in [0.05, 0.1) is 11.8 Å². The molecular formula is C10H13NO2. The molecule has 0 aromatic heterocycles. The quantitative estimate of drug-likeness (QED) is 0.410. The van der Waals surface area contributed by atoms with Crippen molar-refractivity contribution >= 4 is 11.8 Å². The van der Waals surface area contributed by atoms with Crippen LogP contribution in [-0.4, -0.2) is 23.8 Å². The predicted octanol–water partition coefficient (Wildman–Crippen LogP) is 0.958. The third-order valence-corrected chi connectivity index (χ3v) is 3.04. The van der Waals surface area contributed by atoms with Crippen molar-refractivity contribution < 1.29 is 9.59 Å². The molecule has 1 fully saturated rings. The van der Waals surface area contributed by atoms with Crippen LogP contribution in [0, 0.1) is 11.8 Å². The van der Waals surface area contributed by atoms with Crippen LogP contribution < -0.4 is 0 Å². The first-order chi connectivity index (χ1) is 6.11. The van der Waals surface area contributed by atoms with Crippen LogP contribution in [0.5, 0.6) is 0 Å². The molecule has 2 amide bonds. The maximum atomic E-state index is 11.6. The molecule has 0 bridgehead atoms. The molecule has 2 rings (SSSR count). The molecule has 0 aromatic carbocycles. The van der Waals surface area contributed by atoms with Gasteiger partial charge in [0.15, 0.2) is 0 Å². The minimum absolute atomic E-state index is 0.00116. The van der Waals surface area contributed by atoms with Crippen molar-refractivity contribution in [2.45, 2.75) is 19.8 Å². The van der Waals surface area contributed by atoms with Gasteiger partial charge in [-0.25, -0.2) is 0 Å². The molecule has 1 aliphatic heterocycles. The van der Waals surface area contributed by atoms with Gasteiger partial charge in [0, 0.05) is 7.05 Å². The maximum absolute atomic E-state index is 11.6. The summed E-state index contributed by atoms with van der Waals surface area (Å²) in [6.45, 7) is 2.02. The minimum atomic E-state index is -0.0683. The number of imide groups is 1. The lowest BCUT2D eigenvalue weighted by Gasteiger charge is -2.19. The van der Waals surface area contributed by atoms with Gasteiger partial charge in [0.25, 0.3) is 0 Å². The van der Waals surface area contributed by atoms with Crippen LogP contribution in [-0.2, 0) is 9.59 Å². The normalized spacial score (nSPS) is 33.4. The molecule has 3 nitrogen and oxygen atoms in total. The molecule has 70 valence electrons. The van der Waals surface area contributed by atoms with Crippen molar-refractivity contribution in [2.24, 2.45) is 11.8 Å². The van der Waals surface area contributed by atoms with E-state index >= 15 is 0 Å². The second-order valence-electron chi connectivity index (χ2n) is 3.94. The SMILES string of the molecule is CC1=CC[C@H]2C(=O)N(C)C(=O)[C@H]2C1. The molecule has 13 heavy (non-hydrogen) atoms. The van der Waals surface area contributed by atoms with E-state index in [-0.39, 0.29) is 23.7 Å². The summed E-state index contributed by atoms with van der Waals surface area (Å²) in [6.07, 6.45) is 3.58. The van der Waals surface area contributed by atoms with Crippen molar-refractivity contribution in [3.63, 3.8) is 0 Å². The molecule has 0 unspecified atom stereocenters. The Hall–Kier alpha value is -1.12. The highest BCUT2D eigenvalue weighted by Crippen LogP contribution is 2.36. The number of allylic oxidation sites excluding steroid dienone is 2. The fraction of sp³-hybridized carbons (Fsp3) is 0.600. The minimum Gasteiger partial charge on any atom is -0.285 e. The van der Waals surface area contributed by atoms with Gasteiger partial charge in [-0.2, -0.15) is 0 Å². The second kappa shape index (κ2) is 2.69. The summed E-state index contributed by atoms with van der Waals surface area (Å²) in [7, 11) is 1.58. The highest BCUT2D eigenvalue weighted by molar-refractivity contribution is 6.05. The summed E-state index contributed by atoms with van der Waals surface area (Å²) in [5, 5.41) is 0. The Kier molecular flexibility index (Phi) is 1.75. The highest BCUT2D eigenvalue weighted by atomic mass is 16.2. The first-order valence-corrected chi connectivity index (χ1v) is 4.58. The van der Waals surface area contributed by atoms with E-state index in [4.69, 9.17) is 0 Å². The van der Waals surface area contributed by atoms with Crippen molar-refractivity contribution in [2.75, 3.05) is 7.05 Å². The van der Waals surface area contributed by atoms with Gasteiger partial charge >= 0.3 is 0 Å². The summed E-state index contributed by atoms with van der Waals surface area (Å²) >= 11 is 0. The first kappa shape index (κ1) is 8.48. The Labute approximate surface area is 77.4 Å². The van der Waals surface area contributed by atoms with Crippen molar-refractivity contribution in [1.29, 1.82) is 0 Å². The fourth-order valence-corrected chi connectivity index (χ4v) is 2.20. The van der Waals surface area contributed by atoms with E-state index in [0.717, 1.165) is 12.8 Å². The molecule has 3 heteroatoms. The van der Waals surface area contributed by atoms with Crippen molar-refractivity contribution in [3.05, 3.63) is 11.6 Å². The lowest BCUT2D eigenvalue weighted by atomic mass is 9.82. The number of amides is 2. The van der Waals surface area contributed by atoms with E-state index in [9.17, 15) is 9.59 Å². The molecule has 0 saturated carbocycles. The van der Waals surface area contributed by atoms with Gasteiger partial charge in [-0.1, -0.05) is 11.6 Å². The fourth-order valence-electron chi connectivity index (χ4n) is 2.20. The van der Waals surface area contributed by atoms with Crippen LogP contribution in [0.2, 0.25) is 0 Å². The molecule has 0 N–H and O–H groups in total. The molecular weight excluding hydrogens is 166 g/mol. The molecule has 1 heterocycles. The van der Waals surface area contributed by atoms with Gasteiger partial charge in [0.2, 0.25) is 11.8 Å². The van der Waals surface area contributed by atoms with Crippen molar-refractivity contribution in [3.8, 4) is 0 Å². The van der Waals surface area contributed by atoms with Gasteiger partial charge < -0.3 is 0 Å². The molecule has 1 saturated heterocycles. The number of fused-ring (bicyclic) bond motifs is 1. The summed E-state index contributed by atoms with van der Waals surface area (Å²) in [5.41, 5.74) is 1.23. The van der Waals surface area contributed by atoms with Crippen molar-refractivity contribution in [1.82, 2.24) is 4.90 Å². The zero-order valence-corrected chi connectivity index (χ0v) is 7.91. The number of nitrogens with zero attached hydrogens (tertiary/aromatic N) is 1. The van der Waals surface area contributed by atoms with Crippen LogP contribution >= 0.6 is 0 Å².